The summed E-state index contributed by atoms with van der Waals surface area (Å²) in [6.45, 7) is 4.02. The highest BCUT2D eigenvalue weighted by atomic mass is 79.9. The van der Waals surface area contributed by atoms with E-state index >= 15 is 0 Å². The third-order valence-electron chi connectivity index (χ3n) is 5.39. The summed E-state index contributed by atoms with van der Waals surface area (Å²) < 4.78 is 19.8. The maximum atomic E-state index is 13.4. The lowest BCUT2D eigenvalue weighted by Crippen LogP contribution is -2.54. The Bertz CT molecular complexity index is 1460. The lowest BCUT2D eigenvalue weighted by molar-refractivity contribution is -0.122. The van der Waals surface area contributed by atoms with Crippen LogP contribution in [-0.2, 0) is 22.6 Å². The van der Waals surface area contributed by atoms with Gasteiger partial charge >= 0.3 is 0 Å². The van der Waals surface area contributed by atoms with Gasteiger partial charge in [-0.05, 0) is 93.7 Å². The molecular formula is C27H18BrCl2FN2O3S. The maximum absolute atomic E-state index is 13.4. The van der Waals surface area contributed by atoms with Crippen molar-refractivity contribution < 1.29 is 18.7 Å². The normalized spacial score (nSPS) is 14.6. The Labute approximate surface area is 236 Å². The molecule has 1 aliphatic heterocycles. The van der Waals surface area contributed by atoms with E-state index in [2.05, 4.69) is 27.8 Å². The molecule has 0 aliphatic carbocycles. The summed E-state index contributed by atoms with van der Waals surface area (Å²) in [5.74, 6) is -1.04. The number of anilines is 1. The zero-order valence-electron chi connectivity index (χ0n) is 19.1. The van der Waals surface area contributed by atoms with Crippen molar-refractivity contribution in [3.63, 3.8) is 0 Å². The number of carbonyl (C=O) groups excluding carboxylic acids is 2. The van der Waals surface area contributed by atoms with E-state index in [4.69, 9.17) is 40.2 Å². The standard InChI is InChI=1S/C27H18BrCl2FN2O3S/c1-2-4-17-11-16(13-20(28)24(17)36-14-15-7-9-18(31)10-8-15)12-19-25(34)32-27(37)33(26(19)35)22-6-3-5-21(29)23(22)30/h2-3,5-13H,1,4,14H2,(H,32,34,37)/b19-12+. The second-order valence-electron chi connectivity index (χ2n) is 7.93. The second-order valence-corrected chi connectivity index (χ2v) is 9.96. The van der Waals surface area contributed by atoms with E-state index in [-0.39, 0.29) is 38.8 Å². The molecule has 37 heavy (non-hydrogen) atoms. The summed E-state index contributed by atoms with van der Waals surface area (Å²) in [6, 6.07) is 14.3. The number of hydrogen-bond acceptors (Lipinski definition) is 4. The Morgan fingerprint density at radius 1 is 1.14 bits per heavy atom. The number of nitrogens with one attached hydrogen (secondary N) is 1. The minimum Gasteiger partial charge on any atom is -0.487 e. The zero-order valence-corrected chi connectivity index (χ0v) is 23.0. The highest BCUT2D eigenvalue weighted by Crippen LogP contribution is 2.36. The highest BCUT2D eigenvalue weighted by molar-refractivity contribution is 9.10. The van der Waals surface area contributed by atoms with Crippen molar-refractivity contribution in [3.8, 4) is 5.75 Å². The van der Waals surface area contributed by atoms with Crippen molar-refractivity contribution in [3.05, 3.63) is 110 Å². The number of amides is 2. The molecule has 10 heteroatoms. The van der Waals surface area contributed by atoms with E-state index in [1.807, 2.05) is 0 Å². The molecule has 0 spiro atoms. The van der Waals surface area contributed by atoms with Crippen molar-refractivity contribution in [1.29, 1.82) is 0 Å². The van der Waals surface area contributed by atoms with Crippen LogP contribution >= 0.6 is 51.3 Å². The van der Waals surface area contributed by atoms with Crippen molar-refractivity contribution >= 4 is 80.0 Å². The van der Waals surface area contributed by atoms with E-state index < -0.39 is 11.8 Å². The Morgan fingerprint density at radius 3 is 2.57 bits per heavy atom. The molecule has 1 heterocycles. The molecule has 1 N–H and O–H groups in total. The molecule has 3 aromatic rings. The quantitative estimate of drug-likeness (QED) is 0.133. The maximum Gasteiger partial charge on any atom is 0.270 e. The van der Waals surface area contributed by atoms with Gasteiger partial charge in [0, 0.05) is 0 Å². The molecule has 0 atom stereocenters. The SMILES string of the molecule is C=CCc1cc(/C=C2\C(=O)NC(=S)N(c3cccc(Cl)c3Cl)C2=O)cc(Br)c1OCc1ccc(F)cc1. The van der Waals surface area contributed by atoms with Gasteiger partial charge in [-0.1, -0.05) is 47.5 Å². The molecule has 4 rings (SSSR count). The molecule has 0 unspecified atom stereocenters. The molecule has 1 fully saturated rings. The van der Waals surface area contributed by atoms with E-state index in [0.717, 1.165) is 16.0 Å². The van der Waals surface area contributed by atoms with Crippen molar-refractivity contribution in [2.24, 2.45) is 0 Å². The van der Waals surface area contributed by atoms with Gasteiger partial charge in [0.1, 0.15) is 23.7 Å². The van der Waals surface area contributed by atoms with E-state index in [1.165, 1.54) is 18.2 Å². The molecule has 0 bridgehead atoms. The van der Waals surface area contributed by atoms with Gasteiger partial charge in [-0.25, -0.2) is 4.39 Å². The molecule has 0 saturated carbocycles. The minimum atomic E-state index is -0.643. The molecule has 0 aromatic heterocycles. The van der Waals surface area contributed by atoms with Crippen LogP contribution in [0.2, 0.25) is 10.0 Å². The fourth-order valence-electron chi connectivity index (χ4n) is 3.67. The monoisotopic (exact) mass is 618 g/mol. The molecule has 5 nitrogen and oxygen atoms in total. The number of hydrogen-bond donors (Lipinski definition) is 1. The second kappa shape index (κ2) is 11.6. The van der Waals surface area contributed by atoms with Crippen molar-refractivity contribution in [1.82, 2.24) is 5.32 Å². The Kier molecular flexibility index (Phi) is 8.44. The van der Waals surface area contributed by atoms with Crippen LogP contribution < -0.4 is 15.0 Å². The highest BCUT2D eigenvalue weighted by Gasteiger charge is 2.35. The predicted octanol–water partition coefficient (Wildman–Crippen LogP) is 7.03. The van der Waals surface area contributed by atoms with Gasteiger partial charge < -0.3 is 4.74 Å². The lowest BCUT2D eigenvalue weighted by Gasteiger charge is -2.29. The van der Waals surface area contributed by atoms with Crippen LogP contribution in [0.3, 0.4) is 0 Å². The van der Waals surface area contributed by atoms with Crippen LogP contribution in [-0.4, -0.2) is 16.9 Å². The van der Waals surface area contributed by atoms with Gasteiger partial charge in [-0.2, -0.15) is 0 Å². The van der Waals surface area contributed by atoms with Crippen LogP contribution in [0.5, 0.6) is 5.75 Å². The first-order chi connectivity index (χ1) is 17.7. The van der Waals surface area contributed by atoms with Crippen molar-refractivity contribution in [2.45, 2.75) is 13.0 Å². The fourth-order valence-corrected chi connectivity index (χ4v) is 4.96. The van der Waals surface area contributed by atoms with Crippen LogP contribution in [0.25, 0.3) is 6.08 Å². The van der Waals surface area contributed by atoms with E-state index in [0.29, 0.717) is 22.2 Å². The number of nitrogens with zero attached hydrogens (tertiary/aromatic N) is 1. The topological polar surface area (TPSA) is 58.6 Å². The number of thiocarbonyl (C=S) groups is 1. The molecule has 188 valence electrons. The lowest BCUT2D eigenvalue weighted by atomic mass is 10.0. The first kappa shape index (κ1) is 27.0. The molecular weight excluding hydrogens is 602 g/mol. The fraction of sp³-hybridized carbons (Fsp3) is 0.0741. The number of ether oxygens (including phenoxy) is 1. The molecule has 1 saturated heterocycles. The van der Waals surface area contributed by atoms with E-state index in [1.54, 1.807) is 48.5 Å². The average Bonchev–Trinajstić information content (AvgIpc) is 2.85. The summed E-state index contributed by atoms with van der Waals surface area (Å²) >= 11 is 21.2. The smallest absolute Gasteiger partial charge is 0.270 e. The number of carbonyl (C=O) groups is 2. The Balaban J connectivity index is 1.68. The van der Waals surface area contributed by atoms with Crippen LogP contribution in [0, 0.1) is 5.82 Å². The van der Waals surface area contributed by atoms with Gasteiger partial charge in [0.2, 0.25) is 0 Å². The number of halogens is 4. The number of rotatable bonds is 7. The summed E-state index contributed by atoms with van der Waals surface area (Å²) in [6.07, 6.45) is 3.64. The summed E-state index contributed by atoms with van der Waals surface area (Å²) in [7, 11) is 0. The minimum absolute atomic E-state index is 0.102. The Hall–Kier alpha value is -3.04. The van der Waals surface area contributed by atoms with Gasteiger partial charge in [0.05, 0.1) is 20.2 Å². The number of benzene rings is 3. The van der Waals surface area contributed by atoms with Gasteiger partial charge in [-0.15, -0.1) is 6.58 Å². The van der Waals surface area contributed by atoms with Gasteiger partial charge in [0.15, 0.2) is 5.11 Å². The molecule has 3 aromatic carbocycles. The third kappa shape index (κ3) is 5.93. The molecule has 0 radical (unpaired) electrons. The largest absolute Gasteiger partial charge is 0.487 e. The molecule has 2 amide bonds. The zero-order chi connectivity index (χ0) is 26.7. The van der Waals surface area contributed by atoms with Crippen molar-refractivity contribution in [2.75, 3.05) is 4.90 Å². The first-order valence-electron chi connectivity index (χ1n) is 10.9. The molecule has 1 aliphatic rings. The van der Waals surface area contributed by atoms with Gasteiger partial charge in [-0.3, -0.25) is 19.8 Å². The van der Waals surface area contributed by atoms with Gasteiger partial charge in [0.25, 0.3) is 11.8 Å². The Morgan fingerprint density at radius 2 is 1.86 bits per heavy atom. The van der Waals surface area contributed by atoms with Crippen LogP contribution in [0.4, 0.5) is 10.1 Å². The number of allylic oxidation sites excluding steroid dienone is 1. The van der Waals surface area contributed by atoms with E-state index in [9.17, 15) is 14.0 Å². The summed E-state index contributed by atoms with van der Waals surface area (Å²) in [5.41, 5.74) is 2.26. The average molecular weight is 620 g/mol. The summed E-state index contributed by atoms with van der Waals surface area (Å²) in [4.78, 5) is 27.3. The summed E-state index contributed by atoms with van der Waals surface area (Å²) in [5, 5.41) is 2.80. The first-order valence-corrected chi connectivity index (χ1v) is 12.8. The predicted molar refractivity (Wildman–Crippen MR) is 151 cm³/mol. The van der Waals surface area contributed by atoms with Crippen LogP contribution in [0.1, 0.15) is 16.7 Å². The third-order valence-corrected chi connectivity index (χ3v) is 7.07. The van der Waals surface area contributed by atoms with Crippen LogP contribution in [0.15, 0.2) is 77.3 Å².